The average molecular weight is 303 g/mol. The largest absolute Gasteiger partial charge is 0.384 e. The van der Waals surface area contributed by atoms with E-state index in [1.807, 2.05) is 56.3 Å². The summed E-state index contributed by atoms with van der Waals surface area (Å²) in [6, 6.07) is 13.5. The van der Waals surface area contributed by atoms with Crippen LogP contribution in [0.3, 0.4) is 0 Å². The van der Waals surface area contributed by atoms with Crippen LogP contribution < -0.4 is 10.6 Å². The van der Waals surface area contributed by atoms with Crippen molar-refractivity contribution >= 4 is 28.9 Å². The van der Waals surface area contributed by atoms with Gasteiger partial charge in [-0.25, -0.2) is 0 Å². The number of hydrogen-bond acceptors (Lipinski definition) is 2. The molecular formula is C17H19ClN2O. The Morgan fingerprint density at radius 2 is 1.81 bits per heavy atom. The summed E-state index contributed by atoms with van der Waals surface area (Å²) in [5.41, 5.74) is 3.96. The molecule has 0 spiro atoms. The van der Waals surface area contributed by atoms with Crippen molar-refractivity contribution in [3.05, 3.63) is 58.6 Å². The van der Waals surface area contributed by atoms with Gasteiger partial charge in [-0.05, 0) is 43.7 Å². The molecule has 3 nitrogen and oxygen atoms in total. The zero-order chi connectivity index (χ0) is 15.2. The molecule has 110 valence electrons. The van der Waals surface area contributed by atoms with Crippen molar-refractivity contribution in [2.45, 2.75) is 20.3 Å². The first-order valence-corrected chi connectivity index (χ1v) is 7.29. The third-order valence-electron chi connectivity index (χ3n) is 3.27. The zero-order valence-electron chi connectivity index (χ0n) is 12.2. The van der Waals surface area contributed by atoms with E-state index in [-0.39, 0.29) is 5.91 Å². The van der Waals surface area contributed by atoms with Crippen LogP contribution in [0.5, 0.6) is 0 Å². The molecule has 0 heterocycles. The van der Waals surface area contributed by atoms with E-state index in [0.29, 0.717) is 13.0 Å². The first kappa shape index (κ1) is 15.4. The van der Waals surface area contributed by atoms with Gasteiger partial charge in [-0.2, -0.15) is 0 Å². The van der Waals surface area contributed by atoms with Crippen LogP contribution >= 0.6 is 11.6 Å². The van der Waals surface area contributed by atoms with Crippen molar-refractivity contribution in [2.24, 2.45) is 0 Å². The van der Waals surface area contributed by atoms with Crippen molar-refractivity contribution < 1.29 is 4.79 Å². The van der Waals surface area contributed by atoms with Crippen LogP contribution in [0.25, 0.3) is 0 Å². The number of hydrogen-bond donors (Lipinski definition) is 2. The lowest BCUT2D eigenvalue weighted by atomic mass is 10.2. The van der Waals surface area contributed by atoms with Crippen LogP contribution in [-0.4, -0.2) is 12.5 Å². The Morgan fingerprint density at radius 1 is 1.10 bits per heavy atom. The highest BCUT2D eigenvalue weighted by Gasteiger charge is 2.04. The van der Waals surface area contributed by atoms with E-state index in [2.05, 4.69) is 10.6 Å². The minimum Gasteiger partial charge on any atom is -0.384 e. The normalized spacial score (nSPS) is 10.2. The van der Waals surface area contributed by atoms with E-state index >= 15 is 0 Å². The second-order valence-electron chi connectivity index (χ2n) is 5.00. The predicted octanol–water partition coefficient (Wildman–Crippen LogP) is 4.40. The molecule has 21 heavy (non-hydrogen) atoms. The Bertz CT molecular complexity index is 623. The Kier molecular flexibility index (Phi) is 5.23. The van der Waals surface area contributed by atoms with Crippen molar-refractivity contribution in [1.82, 2.24) is 0 Å². The fourth-order valence-corrected chi connectivity index (χ4v) is 2.14. The van der Waals surface area contributed by atoms with Gasteiger partial charge in [0, 0.05) is 29.4 Å². The summed E-state index contributed by atoms with van der Waals surface area (Å²) < 4.78 is 0. The number of benzene rings is 2. The molecule has 0 saturated carbocycles. The number of rotatable bonds is 5. The maximum Gasteiger partial charge on any atom is 0.226 e. The quantitative estimate of drug-likeness (QED) is 0.859. The second kappa shape index (κ2) is 7.14. The summed E-state index contributed by atoms with van der Waals surface area (Å²) in [4.78, 5) is 11.9. The lowest BCUT2D eigenvalue weighted by Gasteiger charge is -2.10. The van der Waals surface area contributed by atoms with Crippen molar-refractivity contribution in [2.75, 3.05) is 17.2 Å². The fraction of sp³-hybridized carbons (Fsp3) is 0.235. The number of carbonyl (C=O) groups excluding carboxylic acids is 1. The molecule has 0 aromatic heterocycles. The molecule has 0 aliphatic carbocycles. The van der Waals surface area contributed by atoms with Gasteiger partial charge in [-0.1, -0.05) is 35.4 Å². The molecule has 2 aromatic carbocycles. The van der Waals surface area contributed by atoms with Gasteiger partial charge < -0.3 is 10.6 Å². The second-order valence-corrected chi connectivity index (χ2v) is 5.41. The van der Waals surface area contributed by atoms with Crippen molar-refractivity contribution in [3.8, 4) is 0 Å². The van der Waals surface area contributed by atoms with Gasteiger partial charge in [0.05, 0.1) is 0 Å². The molecule has 4 heteroatoms. The SMILES string of the molecule is Cc1ccc(NC(=O)CCNc2cccc(Cl)c2C)cc1. The molecule has 0 fully saturated rings. The van der Waals surface area contributed by atoms with Crippen LogP contribution in [0, 0.1) is 13.8 Å². The van der Waals surface area contributed by atoms with Crippen molar-refractivity contribution in [1.29, 1.82) is 0 Å². The zero-order valence-corrected chi connectivity index (χ0v) is 13.0. The molecule has 0 radical (unpaired) electrons. The van der Waals surface area contributed by atoms with E-state index in [9.17, 15) is 4.79 Å². The maximum atomic E-state index is 11.9. The number of carbonyl (C=O) groups is 1. The molecule has 0 aliphatic heterocycles. The van der Waals surface area contributed by atoms with E-state index in [0.717, 1.165) is 22.0 Å². The first-order chi connectivity index (χ1) is 10.1. The molecule has 0 atom stereocenters. The third kappa shape index (κ3) is 4.50. The van der Waals surface area contributed by atoms with Gasteiger partial charge >= 0.3 is 0 Å². The molecule has 2 N–H and O–H groups in total. The highest BCUT2D eigenvalue weighted by atomic mass is 35.5. The summed E-state index contributed by atoms with van der Waals surface area (Å²) in [7, 11) is 0. The third-order valence-corrected chi connectivity index (χ3v) is 3.68. The molecule has 2 rings (SSSR count). The number of anilines is 2. The molecule has 2 aromatic rings. The summed E-state index contributed by atoms with van der Waals surface area (Å²) >= 11 is 6.06. The van der Waals surface area contributed by atoms with E-state index in [4.69, 9.17) is 11.6 Å². The number of halogens is 1. The number of nitrogens with one attached hydrogen (secondary N) is 2. The molecule has 0 aliphatic rings. The Labute approximate surface area is 130 Å². The van der Waals surface area contributed by atoms with Crippen LogP contribution in [-0.2, 0) is 4.79 Å². The van der Waals surface area contributed by atoms with Crippen LogP contribution in [0.4, 0.5) is 11.4 Å². The minimum absolute atomic E-state index is 0.00830. The van der Waals surface area contributed by atoms with Gasteiger partial charge in [0.25, 0.3) is 0 Å². The lowest BCUT2D eigenvalue weighted by Crippen LogP contribution is -2.16. The Morgan fingerprint density at radius 3 is 2.52 bits per heavy atom. The molecule has 1 amide bonds. The smallest absolute Gasteiger partial charge is 0.226 e. The van der Waals surface area contributed by atoms with Gasteiger partial charge in [0.2, 0.25) is 5.91 Å². The molecule has 0 unspecified atom stereocenters. The Hall–Kier alpha value is -2.00. The molecule has 0 bridgehead atoms. The topological polar surface area (TPSA) is 41.1 Å². The fourth-order valence-electron chi connectivity index (χ4n) is 1.97. The summed E-state index contributed by atoms with van der Waals surface area (Å²) in [6.07, 6.45) is 0.403. The number of amides is 1. The van der Waals surface area contributed by atoms with Crippen LogP contribution in [0.1, 0.15) is 17.5 Å². The highest BCUT2D eigenvalue weighted by Crippen LogP contribution is 2.22. The molecular weight excluding hydrogens is 284 g/mol. The first-order valence-electron chi connectivity index (χ1n) is 6.92. The maximum absolute atomic E-state index is 11.9. The van der Waals surface area contributed by atoms with E-state index in [1.165, 1.54) is 5.56 Å². The van der Waals surface area contributed by atoms with Gasteiger partial charge in [-0.3, -0.25) is 4.79 Å². The highest BCUT2D eigenvalue weighted by molar-refractivity contribution is 6.31. The predicted molar refractivity (Wildman–Crippen MR) is 89.1 cm³/mol. The van der Waals surface area contributed by atoms with Crippen LogP contribution in [0.2, 0.25) is 5.02 Å². The standard InChI is InChI=1S/C17H19ClN2O/c1-12-6-8-14(9-7-12)20-17(21)10-11-19-16-5-3-4-15(18)13(16)2/h3-9,19H,10-11H2,1-2H3,(H,20,21). The van der Waals surface area contributed by atoms with Gasteiger partial charge in [0.1, 0.15) is 0 Å². The van der Waals surface area contributed by atoms with E-state index < -0.39 is 0 Å². The lowest BCUT2D eigenvalue weighted by molar-refractivity contribution is -0.115. The Balaban J connectivity index is 1.81. The van der Waals surface area contributed by atoms with E-state index in [1.54, 1.807) is 0 Å². The van der Waals surface area contributed by atoms with Crippen molar-refractivity contribution in [3.63, 3.8) is 0 Å². The van der Waals surface area contributed by atoms with Crippen LogP contribution in [0.15, 0.2) is 42.5 Å². The summed E-state index contributed by atoms with van der Waals surface area (Å²) in [5.74, 6) is -0.00830. The monoisotopic (exact) mass is 302 g/mol. The van der Waals surface area contributed by atoms with Gasteiger partial charge in [-0.15, -0.1) is 0 Å². The average Bonchev–Trinajstić information content (AvgIpc) is 2.46. The number of aryl methyl sites for hydroxylation is 1. The molecule has 0 saturated heterocycles. The summed E-state index contributed by atoms with van der Waals surface area (Å²) in [5, 5.41) is 6.84. The summed E-state index contributed by atoms with van der Waals surface area (Å²) in [6.45, 7) is 4.54. The minimum atomic E-state index is -0.00830. The van der Waals surface area contributed by atoms with Gasteiger partial charge in [0.15, 0.2) is 0 Å².